The average molecular weight is 406 g/mol. The van der Waals surface area contributed by atoms with Crippen molar-refractivity contribution in [1.29, 1.82) is 0 Å². The summed E-state index contributed by atoms with van der Waals surface area (Å²) in [6.07, 6.45) is 1.39. The van der Waals surface area contributed by atoms with E-state index in [9.17, 15) is 13.2 Å². The third-order valence-electron chi connectivity index (χ3n) is 4.62. The molecule has 9 heteroatoms. The predicted molar refractivity (Wildman–Crippen MR) is 104 cm³/mol. The maximum absolute atomic E-state index is 12.4. The fourth-order valence-electron chi connectivity index (χ4n) is 3.15. The monoisotopic (exact) mass is 405 g/mol. The maximum Gasteiger partial charge on any atom is 0.401 e. The Kier molecular flexibility index (Phi) is 8.82. The highest BCUT2D eigenvalue weighted by atomic mass is 32.1. The van der Waals surface area contributed by atoms with Crippen molar-refractivity contribution in [2.75, 3.05) is 32.7 Å². The van der Waals surface area contributed by atoms with Gasteiger partial charge in [-0.1, -0.05) is 6.92 Å². The first-order valence-electron chi connectivity index (χ1n) is 9.64. The standard InChI is InChI=1S/C18H30F3N5S/c1-3-15-11-24-16(27-15)12-25-17(22-4-2)23-8-5-14-6-9-26(10-7-14)13-18(19,20)21/h11,14H,3-10,12-13H2,1-2H3,(H2,22,23,25). The lowest BCUT2D eigenvalue weighted by Gasteiger charge is -2.32. The van der Waals surface area contributed by atoms with E-state index >= 15 is 0 Å². The number of aromatic nitrogens is 1. The molecule has 2 rings (SSSR count). The molecule has 0 amide bonds. The number of nitrogens with one attached hydrogen (secondary N) is 2. The number of aryl methyl sites for hydroxylation is 1. The molecule has 0 aromatic carbocycles. The number of nitrogens with zero attached hydrogens (tertiary/aromatic N) is 3. The van der Waals surface area contributed by atoms with Gasteiger partial charge in [0.25, 0.3) is 0 Å². The van der Waals surface area contributed by atoms with Gasteiger partial charge in [0.1, 0.15) is 5.01 Å². The van der Waals surface area contributed by atoms with Crippen LogP contribution in [0.5, 0.6) is 0 Å². The molecule has 0 radical (unpaired) electrons. The van der Waals surface area contributed by atoms with Gasteiger partial charge < -0.3 is 10.6 Å². The molecule has 2 heterocycles. The molecule has 0 aliphatic carbocycles. The number of aliphatic imine (C=N–C) groups is 1. The van der Waals surface area contributed by atoms with E-state index in [4.69, 9.17) is 0 Å². The minimum atomic E-state index is -4.10. The summed E-state index contributed by atoms with van der Waals surface area (Å²) >= 11 is 1.69. The van der Waals surface area contributed by atoms with Crippen molar-refractivity contribution in [2.45, 2.75) is 52.3 Å². The van der Waals surface area contributed by atoms with E-state index in [0.717, 1.165) is 49.7 Å². The van der Waals surface area contributed by atoms with Crippen LogP contribution in [0.1, 0.15) is 43.0 Å². The zero-order chi connectivity index (χ0) is 19.7. The SMILES string of the molecule is CCNC(=NCc1ncc(CC)s1)NCCC1CCN(CC(F)(F)F)CC1. The second-order valence-electron chi connectivity index (χ2n) is 6.82. The largest absolute Gasteiger partial charge is 0.401 e. The molecule has 0 saturated carbocycles. The molecule has 0 atom stereocenters. The minimum absolute atomic E-state index is 0.468. The Morgan fingerprint density at radius 1 is 1.30 bits per heavy atom. The van der Waals surface area contributed by atoms with Crippen LogP contribution >= 0.6 is 11.3 Å². The van der Waals surface area contributed by atoms with Crippen molar-refractivity contribution in [2.24, 2.45) is 10.9 Å². The number of piperidine rings is 1. The van der Waals surface area contributed by atoms with Crippen molar-refractivity contribution < 1.29 is 13.2 Å². The third-order valence-corrected chi connectivity index (χ3v) is 5.75. The summed E-state index contributed by atoms with van der Waals surface area (Å²) in [5.41, 5.74) is 0. The van der Waals surface area contributed by atoms with Crippen LogP contribution in [0, 0.1) is 5.92 Å². The second-order valence-corrected chi connectivity index (χ2v) is 8.02. The number of hydrogen-bond donors (Lipinski definition) is 2. The van der Waals surface area contributed by atoms with E-state index in [0.29, 0.717) is 25.6 Å². The second kappa shape index (κ2) is 10.8. The molecular formula is C18H30F3N5S. The Hall–Kier alpha value is -1.35. The normalized spacial score (nSPS) is 17.3. The van der Waals surface area contributed by atoms with Crippen LogP contribution in [0.2, 0.25) is 0 Å². The number of likely N-dealkylation sites (tertiary alicyclic amines) is 1. The molecule has 154 valence electrons. The van der Waals surface area contributed by atoms with Crippen LogP contribution in [0.15, 0.2) is 11.2 Å². The molecule has 2 N–H and O–H groups in total. The minimum Gasteiger partial charge on any atom is -0.357 e. The zero-order valence-electron chi connectivity index (χ0n) is 16.1. The smallest absolute Gasteiger partial charge is 0.357 e. The van der Waals surface area contributed by atoms with Gasteiger partial charge >= 0.3 is 6.18 Å². The number of guanidine groups is 1. The number of thiazole rings is 1. The van der Waals surface area contributed by atoms with Gasteiger partial charge in [0.2, 0.25) is 0 Å². The third kappa shape index (κ3) is 8.47. The summed E-state index contributed by atoms with van der Waals surface area (Å²) in [7, 11) is 0. The number of rotatable bonds is 8. The van der Waals surface area contributed by atoms with Crippen molar-refractivity contribution in [1.82, 2.24) is 20.5 Å². The summed E-state index contributed by atoms with van der Waals surface area (Å²) in [6.45, 7) is 6.51. The average Bonchev–Trinajstić information content (AvgIpc) is 3.08. The Balaban J connectivity index is 1.70. The molecule has 1 aliphatic rings. The predicted octanol–water partition coefficient (Wildman–Crippen LogP) is 3.43. The van der Waals surface area contributed by atoms with Crippen molar-refractivity contribution in [3.05, 3.63) is 16.1 Å². The Bertz CT molecular complexity index is 580. The van der Waals surface area contributed by atoms with Crippen molar-refractivity contribution in [3.8, 4) is 0 Å². The molecule has 0 spiro atoms. The van der Waals surface area contributed by atoms with Crippen LogP contribution in [0.3, 0.4) is 0 Å². The summed E-state index contributed by atoms with van der Waals surface area (Å²) in [5, 5.41) is 7.56. The van der Waals surface area contributed by atoms with Crippen molar-refractivity contribution in [3.63, 3.8) is 0 Å². The van der Waals surface area contributed by atoms with Crippen LogP contribution in [0.4, 0.5) is 13.2 Å². The molecule has 5 nitrogen and oxygen atoms in total. The van der Waals surface area contributed by atoms with E-state index in [2.05, 4.69) is 27.5 Å². The van der Waals surface area contributed by atoms with Crippen LogP contribution in [-0.4, -0.2) is 54.7 Å². The van der Waals surface area contributed by atoms with E-state index < -0.39 is 12.7 Å². The number of alkyl halides is 3. The lowest BCUT2D eigenvalue weighted by atomic mass is 9.93. The molecule has 1 aliphatic heterocycles. The molecule has 1 saturated heterocycles. The van der Waals surface area contributed by atoms with Gasteiger partial charge in [-0.2, -0.15) is 13.2 Å². The highest BCUT2D eigenvalue weighted by molar-refractivity contribution is 7.11. The Labute approximate surface area is 163 Å². The lowest BCUT2D eigenvalue weighted by Crippen LogP contribution is -2.41. The van der Waals surface area contributed by atoms with Gasteiger partial charge in [-0.25, -0.2) is 9.98 Å². The molecule has 1 aromatic rings. The molecule has 0 bridgehead atoms. The molecule has 27 heavy (non-hydrogen) atoms. The highest BCUT2D eigenvalue weighted by Crippen LogP contribution is 2.24. The summed E-state index contributed by atoms with van der Waals surface area (Å²) < 4.78 is 37.3. The fourth-order valence-corrected chi connectivity index (χ4v) is 3.94. The molecule has 0 unspecified atom stereocenters. The summed E-state index contributed by atoms with van der Waals surface area (Å²) in [6, 6.07) is 0. The molecule has 1 aromatic heterocycles. The maximum atomic E-state index is 12.4. The number of halogens is 3. The van der Waals surface area contributed by atoms with Gasteiger partial charge in [-0.05, 0) is 51.6 Å². The topological polar surface area (TPSA) is 52.6 Å². The zero-order valence-corrected chi connectivity index (χ0v) is 16.9. The van der Waals surface area contributed by atoms with E-state index in [1.165, 1.54) is 9.78 Å². The van der Waals surface area contributed by atoms with E-state index in [1.807, 2.05) is 13.1 Å². The van der Waals surface area contributed by atoms with Gasteiger partial charge in [-0.15, -0.1) is 11.3 Å². The van der Waals surface area contributed by atoms with Gasteiger partial charge in [-0.3, -0.25) is 4.90 Å². The molecular weight excluding hydrogens is 375 g/mol. The van der Waals surface area contributed by atoms with Crippen LogP contribution < -0.4 is 10.6 Å². The van der Waals surface area contributed by atoms with Gasteiger partial charge in [0.05, 0.1) is 13.1 Å². The van der Waals surface area contributed by atoms with Crippen molar-refractivity contribution >= 4 is 17.3 Å². The lowest BCUT2D eigenvalue weighted by molar-refractivity contribution is -0.148. The fraction of sp³-hybridized carbons (Fsp3) is 0.778. The first-order valence-corrected chi connectivity index (χ1v) is 10.5. The van der Waals surface area contributed by atoms with Crippen LogP contribution in [-0.2, 0) is 13.0 Å². The summed E-state index contributed by atoms with van der Waals surface area (Å²) in [5.74, 6) is 1.23. The first-order chi connectivity index (χ1) is 12.9. The Morgan fingerprint density at radius 2 is 2.04 bits per heavy atom. The van der Waals surface area contributed by atoms with Crippen LogP contribution in [0.25, 0.3) is 0 Å². The quantitative estimate of drug-likeness (QED) is 0.514. The van der Waals surface area contributed by atoms with Gasteiger partial charge in [0, 0.05) is 24.2 Å². The first kappa shape index (κ1) is 21.9. The highest BCUT2D eigenvalue weighted by Gasteiger charge is 2.32. The number of hydrogen-bond acceptors (Lipinski definition) is 4. The summed E-state index contributed by atoms with van der Waals surface area (Å²) in [4.78, 5) is 11.7. The van der Waals surface area contributed by atoms with E-state index in [1.54, 1.807) is 11.3 Å². The van der Waals surface area contributed by atoms with Gasteiger partial charge in [0.15, 0.2) is 5.96 Å². The van der Waals surface area contributed by atoms with E-state index in [-0.39, 0.29) is 0 Å². The Morgan fingerprint density at radius 3 is 2.63 bits per heavy atom. The molecule has 1 fully saturated rings.